The number of halogens is 1. The van der Waals surface area contributed by atoms with E-state index in [1.165, 1.54) is 11.8 Å². The van der Waals surface area contributed by atoms with Gasteiger partial charge in [-0.2, -0.15) is 0 Å². The number of ether oxygens (including phenoxy) is 1. The van der Waals surface area contributed by atoms with Crippen LogP contribution in [0.25, 0.3) is 17.1 Å². The van der Waals surface area contributed by atoms with Crippen LogP contribution in [0.2, 0.25) is 5.02 Å². The van der Waals surface area contributed by atoms with Gasteiger partial charge in [0.25, 0.3) is 5.91 Å². The fourth-order valence-electron chi connectivity index (χ4n) is 4.58. The summed E-state index contributed by atoms with van der Waals surface area (Å²) in [5.74, 6) is 1.54. The largest absolute Gasteiger partial charge is 0.497 e. The van der Waals surface area contributed by atoms with Crippen molar-refractivity contribution < 1.29 is 14.3 Å². The van der Waals surface area contributed by atoms with E-state index < -0.39 is 0 Å². The third kappa shape index (κ3) is 5.94. The number of rotatable bonds is 7. The lowest BCUT2D eigenvalue weighted by Crippen LogP contribution is -2.55. The Bertz CT molecular complexity index is 1460. The molecule has 1 saturated heterocycles. The Morgan fingerprint density at radius 3 is 2.49 bits per heavy atom. The summed E-state index contributed by atoms with van der Waals surface area (Å²) in [6, 6.07) is 24.3. The zero-order chi connectivity index (χ0) is 27.4. The first-order chi connectivity index (χ1) is 18.9. The Morgan fingerprint density at radius 2 is 1.77 bits per heavy atom. The van der Waals surface area contributed by atoms with Crippen molar-refractivity contribution in [3.63, 3.8) is 0 Å². The first-order valence-corrected chi connectivity index (χ1v) is 13.9. The number of hydrogen-bond acceptors (Lipinski definition) is 6. The smallest absolute Gasteiger partial charge is 0.254 e. The normalized spacial score (nSPS) is 15.3. The Labute approximate surface area is 236 Å². The highest BCUT2D eigenvalue weighted by Crippen LogP contribution is 2.30. The van der Waals surface area contributed by atoms with Crippen LogP contribution in [-0.4, -0.2) is 74.9 Å². The number of para-hydroxylation sites is 1. The molecule has 8 nitrogen and oxygen atoms in total. The summed E-state index contributed by atoms with van der Waals surface area (Å²) in [5.41, 5.74) is 2.35. The topological polar surface area (TPSA) is 80.6 Å². The van der Waals surface area contributed by atoms with Crippen LogP contribution >= 0.6 is 23.4 Å². The van der Waals surface area contributed by atoms with E-state index in [-0.39, 0.29) is 23.6 Å². The lowest BCUT2D eigenvalue weighted by atomic mass is 10.1. The third-order valence-corrected chi connectivity index (χ3v) is 7.80. The minimum absolute atomic E-state index is 0.00372. The molecule has 0 bridgehead atoms. The molecule has 0 spiro atoms. The van der Waals surface area contributed by atoms with Gasteiger partial charge in [-0.05, 0) is 55.5 Å². The molecule has 3 aromatic carbocycles. The molecule has 1 aliphatic heterocycles. The number of carbonyl (C=O) groups is 2. The lowest BCUT2D eigenvalue weighted by molar-refractivity contribution is -0.130. The van der Waals surface area contributed by atoms with Gasteiger partial charge in [-0.1, -0.05) is 53.7 Å². The summed E-state index contributed by atoms with van der Waals surface area (Å²) in [7, 11) is 1.63. The summed E-state index contributed by atoms with van der Waals surface area (Å²) in [6.45, 7) is 3.38. The number of methoxy groups -OCH3 is 1. The first kappa shape index (κ1) is 26.8. The number of thioether (sulfide) groups is 1. The molecule has 1 fully saturated rings. The summed E-state index contributed by atoms with van der Waals surface area (Å²) >= 11 is 7.31. The van der Waals surface area contributed by atoms with Crippen LogP contribution in [0.1, 0.15) is 17.3 Å². The molecular weight excluding hydrogens is 534 g/mol. The van der Waals surface area contributed by atoms with Crippen LogP contribution in [-0.2, 0) is 4.79 Å². The maximum absolute atomic E-state index is 13.2. The molecule has 4 aromatic rings. The van der Waals surface area contributed by atoms with Crippen LogP contribution in [0.4, 0.5) is 0 Å². The Hall–Kier alpha value is -3.82. The molecule has 1 atom stereocenters. The van der Waals surface area contributed by atoms with E-state index >= 15 is 0 Å². The van der Waals surface area contributed by atoms with Gasteiger partial charge in [-0.15, -0.1) is 10.2 Å². The van der Waals surface area contributed by atoms with Crippen LogP contribution < -0.4 is 4.74 Å². The molecule has 1 aromatic heterocycles. The van der Waals surface area contributed by atoms with Crippen molar-refractivity contribution in [2.75, 3.05) is 32.5 Å². The van der Waals surface area contributed by atoms with Gasteiger partial charge in [0.05, 0.1) is 12.9 Å². The molecule has 0 N–H and O–H groups in total. The fourth-order valence-corrected chi connectivity index (χ4v) is 5.56. The molecule has 5 rings (SSSR count). The number of benzene rings is 3. The molecule has 39 heavy (non-hydrogen) atoms. The number of hydrogen-bond donors (Lipinski definition) is 0. The minimum atomic E-state index is -0.108. The van der Waals surface area contributed by atoms with E-state index in [0.29, 0.717) is 41.2 Å². The molecular formula is C29H28ClN5O3S. The van der Waals surface area contributed by atoms with E-state index in [2.05, 4.69) is 10.2 Å². The maximum atomic E-state index is 13.2. The molecule has 0 saturated carbocycles. The quantitative estimate of drug-likeness (QED) is 0.293. The van der Waals surface area contributed by atoms with Crippen molar-refractivity contribution in [2.24, 2.45) is 0 Å². The van der Waals surface area contributed by atoms with Gasteiger partial charge in [0.15, 0.2) is 11.0 Å². The highest BCUT2D eigenvalue weighted by Gasteiger charge is 2.30. The fraction of sp³-hybridized carbons (Fsp3) is 0.241. The predicted octanol–water partition coefficient (Wildman–Crippen LogP) is 5.06. The summed E-state index contributed by atoms with van der Waals surface area (Å²) in [4.78, 5) is 29.8. The van der Waals surface area contributed by atoms with E-state index in [1.54, 1.807) is 31.4 Å². The molecule has 2 amide bonds. The number of piperazine rings is 1. The third-order valence-electron chi connectivity index (χ3n) is 6.63. The molecule has 10 heteroatoms. The molecule has 1 aliphatic rings. The van der Waals surface area contributed by atoms with Gasteiger partial charge in [-0.3, -0.25) is 14.2 Å². The second-order valence-corrected chi connectivity index (χ2v) is 10.6. The van der Waals surface area contributed by atoms with Crippen molar-refractivity contribution in [3.8, 4) is 22.8 Å². The van der Waals surface area contributed by atoms with Gasteiger partial charge in [0.1, 0.15) is 5.75 Å². The maximum Gasteiger partial charge on any atom is 0.254 e. The molecule has 0 radical (unpaired) electrons. The minimum Gasteiger partial charge on any atom is -0.497 e. The zero-order valence-electron chi connectivity index (χ0n) is 21.7. The summed E-state index contributed by atoms with van der Waals surface area (Å²) in [5, 5.41) is 10.1. The van der Waals surface area contributed by atoms with Crippen LogP contribution in [0.5, 0.6) is 5.75 Å². The SMILES string of the molecule is COc1cccc(-c2nnc(SCC(=O)N3CCN(C(=O)c4ccc(Cl)cc4)C(C)C3)n2-c2ccccc2)c1. The van der Waals surface area contributed by atoms with Crippen LogP contribution in [0.3, 0.4) is 0 Å². The average Bonchev–Trinajstić information content (AvgIpc) is 3.40. The van der Waals surface area contributed by atoms with Gasteiger partial charge < -0.3 is 14.5 Å². The molecule has 1 unspecified atom stereocenters. The number of amides is 2. The van der Waals surface area contributed by atoms with Gasteiger partial charge in [0.2, 0.25) is 5.91 Å². The van der Waals surface area contributed by atoms with Gasteiger partial charge >= 0.3 is 0 Å². The second kappa shape index (κ2) is 11.9. The number of carbonyl (C=O) groups excluding carboxylic acids is 2. The number of nitrogens with zero attached hydrogens (tertiary/aromatic N) is 5. The van der Waals surface area contributed by atoms with Crippen molar-refractivity contribution in [1.29, 1.82) is 0 Å². The number of aromatic nitrogens is 3. The Morgan fingerprint density at radius 1 is 1.00 bits per heavy atom. The summed E-state index contributed by atoms with van der Waals surface area (Å²) < 4.78 is 7.35. The monoisotopic (exact) mass is 561 g/mol. The summed E-state index contributed by atoms with van der Waals surface area (Å²) in [6.07, 6.45) is 0. The predicted molar refractivity (Wildman–Crippen MR) is 153 cm³/mol. The highest BCUT2D eigenvalue weighted by molar-refractivity contribution is 7.99. The van der Waals surface area contributed by atoms with Crippen LogP contribution in [0, 0.1) is 0 Å². The lowest BCUT2D eigenvalue weighted by Gasteiger charge is -2.40. The van der Waals surface area contributed by atoms with E-state index in [1.807, 2.05) is 75.9 Å². The zero-order valence-corrected chi connectivity index (χ0v) is 23.2. The molecule has 2 heterocycles. The van der Waals surface area contributed by atoms with E-state index in [4.69, 9.17) is 16.3 Å². The Kier molecular flexibility index (Phi) is 8.18. The molecule has 200 valence electrons. The van der Waals surface area contributed by atoms with Crippen LogP contribution in [0.15, 0.2) is 84.0 Å². The van der Waals surface area contributed by atoms with Crippen molar-refractivity contribution in [1.82, 2.24) is 24.6 Å². The van der Waals surface area contributed by atoms with E-state index in [0.717, 1.165) is 17.0 Å². The first-order valence-electron chi connectivity index (χ1n) is 12.6. The Balaban J connectivity index is 1.28. The van der Waals surface area contributed by atoms with Gasteiger partial charge in [0, 0.05) is 47.5 Å². The average molecular weight is 562 g/mol. The van der Waals surface area contributed by atoms with Gasteiger partial charge in [-0.25, -0.2) is 0 Å². The van der Waals surface area contributed by atoms with Crippen molar-refractivity contribution in [2.45, 2.75) is 18.1 Å². The standard InChI is InChI=1S/C29H28ClN5O3S/c1-20-18-33(15-16-34(20)28(37)21-11-13-23(30)14-12-21)26(36)19-39-29-32-31-27(22-7-6-10-25(17-22)38-2)35(29)24-8-4-3-5-9-24/h3-14,17,20H,15-16,18-19H2,1-2H3. The van der Waals surface area contributed by atoms with Crippen molar-refractivity contribution >= 4 is 35.2 Å². The molecule has 0 aliphatic carbocycles. The van der Waals surface area contributed by atoms with Crippen molar-refractivity contribution in [3.05, 3.63) is 89.4 Å². The highest BCUT2D eigenvalue weighted by atomic mass is 35.5. The van der Waals surface area contributed by atoms with E-state index in [9.17, 15) is 9.59 Å². The second-order valence-electron chi connectivity index (χ2n) is 9.19.